The second kappa shape index (κ2) is 7.12. The van der Waals surface area contributed by atoms with Gasteiger partial charge in [0.05, 0.1) is 24.7 Å². The third-order valence-electron chi connectivity index (χ3n) is 6.67. The molecule has 0 amide bonds. The molecule has 0 radical (unpaired) electrons. The van der Waals surface area contributed by atoms with E-state index in [4.69, 9.17) is 24.1 Å². The van der Waals surface area contributed by atoms with Crippen LogP contribution < -0.4 is 14.2 Å². The number of carboxylic acid groups (broad SMARTS) is 1. The number of methoxy groups -OCH3 is 1. The van der Waals surface area contributed by atoms with Crippen molar-refractivity contribution in [2.24, 2.45) is 0 Å². The topological polar surface area (TPSA) is 129 Å². The minimum atomic E-state index is -5.08. The quantitative estimate of drug-likeness (QED) is 0.490. The number of carboxylic acids is 1. The van der Waals surface area contributed by atoms with Crippen molar-refractivity contribution >= 4 is 5.97 Å². The summed E-state index contributed by atoms with van der Waals surface area (Å²) in [6, 6.07) is 1.86. The number of halogens is 3. The van der Waals surface area contributed by atoms with E-state index in [1.54, 1.807) is 7.11 Å². The van der Waals surface area contributed by atoms with E-state index in [1.807, 2.05) is 11.0 Å². The molecule has 31 heavy (non-hydrogen) atoms. The second-order valence-electron chi connectivity index (χ2n) is 7.98. The molecule has 12 heteroatoms. The first kappa shape index (κ1) is 21.9. The fraction of sp³-hybridized carbons (Fsp3) is 0.632. The summed E-state index contributed by atoms with van der Waals surface area (Å²) in [6.45, 7) is 1.31. The van der Waals surface area contributed by atoms with Gasteiger partial charge in [0.2, 0.25) is 12.5 Å². The normalized spacial score (nSPS) is 34.9. The Bertz CT molecular complexity index is 909. The summed E-state index contributed by atoms with van der Waals surface area (Å²) < 4.78 is 48.4. The molecule has 3 heterocycles. The Morgan fingerprint density at radius 1 is 1.29 bits per heavy atom. The molecule has 2 bridgehead atoms. The van der Waals surface area contributed by atoms with Gasteiger partial charge in [0.25, 0.3) is 0 Å². The van der Waals surface area contributed by atoms with Crippen LogP contribution in [0.15, 0.2) is 6.07 Å². The van der Waals surface area contributed by atoms with E-state index in [0.29, 0.717) is 49.6 Å². The third-order valence-corrected chi connectivity index (χ3v) is 6.67. The number of benzene rings is 1. The Hall–Kier alpha value is -2.28. The van der Waals surface area contributed by atoms with E-state index in [2.05, 4.69) is 0 Å². The number of hydrogen-bond acceptors (Lipinski definition) is 8. The Kier molecular flexibility index (Phi) is 5.04. The highest BCUT2D eigenvalue weighted by atomic mass is 19.4. The average molecular weight is 449 g/mol. The monoisotopic (exact) mass is 449 g/mol. The van der Waals surface area contributed by atoms with Crippen LogP contribution in [0.5, 0.6) is 17.2 Å². The zero-order valence-corrected chi connectivity index (χ0v) is 16.5. The van der Waals surface area contributed by atoms with Gasteiger partial charge in [-0.05, 0) is 30.9 Å². The van der Waals surface area contributed by atoms with Gasteiger partial charge in [0, 0.05) is 18.7 Å². The van der Waals surface area contributed by atoms with Crippen LogP contribution in [0.1, 0.15) is 30.4 Å². The number of ether oxygens (including phenoxy) is 3. The molecule has 172 valence electrons. The van der Waals surface area contributed by atoms with Gasteiger partial charge in [0.1, 0.15) is 5.72 Å². The van der Waals surface area contributed by atoms with Crippen LogP contribution in [-0.2, 0) is 16.8 Å². The first-order chi connectivity index (χ1) is 14.5. The van der Waals surface area contributed by atoms with Crippen molar-refractivity contribution in [3.8, 4) is 17.2 Å². The maximum Gasteiger partial charge on any atom is 0.490 e. The van der Waals surface area contributed by atoms with Crippen molar-refractivity contribution in [2.75, 3.05) is 20.4 Å². The van der Waals surface area contributed by atoms with Crippen molar-refractivity contribution in [3.63, 3.8) is 0 Å². The molecule has 0 spiro atoms. The van der Waals surface area contributed by atoms with Crippen LogP contribution in [0.25, 0.3) is 0 Å². The lowest BCUT2D eigenvalue weighted by atomic mass is 9.59. The van der Waals surface area contributed by atoms with Crippen molar-refractivity contribution in [3.05, 3.63) is 17.2 Å². The summed E-state index contributed by atoms with van der Waals surface area (Å²) in [5, 5.41) is 39.8. The first-order valence-corrected chi connectivity index (χ1v) is 9.61. The molecule has 2 fully saturated rings. The van der Waals surface area contributed by atoms with Gasteiger partial charge >= 0.3 is 12.1 Å². The minimum absolute atomic E-state index is 0.126. The number of rotatable bonds is 1. The van der Waals surface area contributed by atoms with E-state index in [0.717, 1.165) is 11.1 Å². The SMILES string of the molecule is COc1c2c(cc3c1OCO3)[C@@]13CCN(C2)[C@@]1(O)CC[C@H](O)[C@@H]3O.O=C(O)C(F)(F)F. The van der Waals surface area contributed by atoms with Gasteiger partial charge < -0.3 is 34.6 Å². The molecule has 4 aliphatic rings. The first-order valence-electron chi connectivity index (χ1n) is 9.61. The predicted octanol–water partition coefficient (Wildman–Crippen LogP) is 0.718. The third kappa shape index (κ3) is 2.96. The summed E-state index contributed by atoms with van der Waals surface area (Å²) in [4.78, 5) is 10.9. The highest BCUT2D eigenvalue weighted by molar-refractivity contribution is 5.73. The Balaban J connectivity index is 0.000000289. The largest absolute Gasteiger partial charge is 0.492 e. The molecule has 1 aromatic rings. The van der Waals surface area contributed by atoms with E-state index in [-0.39, 0.29) is 6.79 Å². The number of aliphatic hydroxyl groups is 3. The number of alkyl halides is 3. The Morgan fingerprint density at radius 3 is 2.58 bits per heavy atom. The Labute approximate surface area is 174 Å². The lowest BCUT2D eigenvalue weighted by Crippen LogP contribution is -2.68. The number of hydrogen-bond donors (Lipinski definition) is 4. The van der Waals surface area contributed by atoms with Crippen molar-refractivity contribution in [1.82, 2.24) is 4.90 Å². The lowest BCUT2D eigenvalue weighted by molar-refractivity contribution is -0.214. The van der Waals surface area contributed by atoms with Crippen LogP contribution in [0.4, 0.5) is 13.2 Å². The fourth-order valence-electron chi connectivity index (χ4n) is 5.31. The molecule has 5 rings (SSSR count). The highest BCUT2D eigenvalue weighted by Gasteiger charge is 2.69. The van der Waals surface area contributed by atoms with E-state index < -0.39 is 35.5 Å². The molecular formula is C19H22F3NO8. The maximum absolute atomic E-state index is 11.5. The fourth-order valence-corrected chi connectivity index (χ4v) is 5.31. The van der Waals surface area contributed by atoms with Crippen LogP contribution in [0, 0.1) is 0 Å². The van der Waals surface area contributed by atoms with Crippen LogP contribution in [-0.4, -0.2) is 75.9 Å². The van der Waals surface area contributed by atoms with Gasteiger partial charge in [0.15, 0.2) is 11.5 Å². The molecule has 1 unspecified atom stereocenters. The molecule has 1 saturated carbocycles. The molecular weight excluding hydrogens is 427 g/mol. The standard InChI is InChI=1S/C17H21NO6.C2HF3O2/c1-22-13-9-7-18-5-4-16(10(9)6-12-14(13)24-8-23-12)15(20)11(19)2-3-17(16,18)21;3-2(4,5)1(6)7/h6,11,15,19-21H,2-5,7-8H2,1H3;(H,6,7)/t11-,15-,16+,17+;/m0./s1. The summed E-state index contributed by atoms with van der Waals surface area (Å²) in [5.41, 5.74) is -0.382. The average Bonchev–Trinajstić information content (AvgIpc) is 3.23. The van der Waals surface area contributed by atoms with Gasteiger partial charge in [-0.3, -0.25) is 4.90 Å². The summed E-state index contributed by atoms with van der Waals surface area (Å²) >= 11 is 0. The second-order valence-corrected chi connectivity index (χ2v) is 7.98. The maximum atomic E-state index is 11.5. The smallest absolute Gasteiger partial charge is 0.490 e. The number of carbonyl (C=O) groups is 1. The number of fused-ring (bicyclic) bond motifs is 2. The molecule has 1 saturated heterocycles. The number of aliphatic hydroxyl groups excluding tert-OH is 2. The number of aliphatic carboxylic acids is 1. The molecule has 9 nitrogen and oxygen atoms in total. The summed E-state index contributed by atoms with van der Waals surface area (Å²) in [7, 11) is 1.58. The highest BCUT2D eigenvalue weighted by Crippen LogP contribution is 2.62. The summed E-state index contributed by atoms with van der Waals surface area (Å²) in [6.07, 6.45) is -5.58. The molecule has 4 N–H and O–H groups in total. The van der Waals surface area contributed by atoms with E-state index in [9.17, 15) is 28.5 Å². The molecule has 1 aromatic carbocycles. The molecule has 5 atom stereocenters. The zero-order valence-electron chi connectivity index (χ0n) is 16.5. The van der Waals surface area contributed by atoms with Crippen LogP contribution >= 0.6 is 0 Å². The van der Waals surface area contributed by atoms with Crippen molar-refractivity contribution in [1.29, 1.82) is 0 Å². The van der Waals surface area contributed by atoms with E-state index in [1.165, 1.54) is 0 Å². The van der Waals surface area contributed by atoms with Crippen LogP contribution in [0.3, 0.4) is 0 Å². The minimum Gasteiger partial charge on any atom is -0.492 e. The predicted molar refractivity (Wildman–Crippen MR) is 95.7 cm³/mol. The van der Waals surface area contributed by atoms with Crippen LogP contribution in [0.2, 0.25) is 0 Å². The van der Waals surface area contributed by atoms with Gasteiger partial charge in [-0.2, -0.15) is 13.2 Å². The molecule has 0 aromatic heterocycles. The van der Waals surface area contributed by atoms with Gasteiger partial charge in [-0.25, -0.2) is 4.79 Å². The summed E-state index contributed by atoms with van der Waals surface area (Å²) in [5.74, 6) is -1.02. The van der Waals surface area contributed by atoms with Gasteiger partial charge in [-0.15, -0.1) is 0 Å². The van der Waals surface area contributed by atoms with Gasteiger partial charge in [-0.1, -0.05) is 0 Å². The zero-order chi connectivity index (χ0) is 22.8. The lowest BCUT2D eigenvalue weighted by Gasteiger charge is -2.56. The van der Waals surface area contributed by atoms with E-state index >= 15 is 0 Å². The van der Waals surface area contributed by atoms with Crippen molar-refractivity contribution in [2.45, 2.75) is 55.3 Å². The van der Waals surface area contributed by atoms with Crippen molar-refractivity contribution < 1.29 is 52.6 Å². The Morgan fingerprint density at radius 2 is 1.97 bits per heavy atom. The molecule has 3 aliphatic heterocycles. The number of nitrogens with zero attached hydrogens (tertiary/aromatic N) is 1. The molecule has 1 aliphatic carbocycles.